The lowest BCUT2D eigenvalue weighted by molar-refractivity contribution is -0.146. The fraction of sp³-hybridized carbons (Fsp3) is 0.677. The molecule has 3 aliphatic rings. The lowest BCUT2D eigenvalue weighted by Gasteiger charge is -2.56. The smallest absolute Gasteiger partial charge is 0.306 e. The van der Waals surface area contributed by atoms with Crippen LogP contribution in [-0.4, -0.2) is 22.2 Å². The van der Waals surface area contributed by atoms with Gasteiger partial charge >= 0.3 is 11.9 Å². The number of aliphatic carboxylic acids is 2. The van der Waals surface area contributed by atoms with Gasteiger partial charge in [-0.1, -0.05) is 71.1 Å². The van der Waals surface area contributed by atoms with Gasteiger partial charge < -0.3 is 10.2 Å². The fourth-order valence-electron chi connectivity index (χ4n) is 7.75. The first-order chi connectivity index (χ1) is 16.2. The predicted octanol–water partition coefficient (Wildman–Crippen LogP) is 7.83. The minimum atomic E-state index is -0.761. The molecule has 194 valence electrons. The third-order valence-electron chi connectivity index (χ3n) is 10.4. The molecule has 1 saturated carbocycles. The summed E-state index contributed by atoms with van der Waals surface area (Å²) in [6, 6.07) is 0. The Bertz CT molecular complexity index is 968. The molecule has 0 radical (unpaired) electrons. The second-order valence-electron chi connectivity index (χ2n) is 12.6. The number of rotatable bonds is 10. The standard InChI is InChI=1S/C31H46O4/c1-19(2)21(5)9-10-22(28(34)35)24-13-17-31(8)26-12-11-23(20(3)4)29(6,16-15-27(32)33)25(26)14-18-30(24,31)7/h12,14,19,22-24H,3,5,9-11,13,15-18H2,1-2,4,6-8H3,(H,32,33)(H,34,35)/t22?,23-,24+,29-,30+,31-/m0/s1. The van der Waals surface area contributed by atoms with Crippen molar-refractivity contribution >= 4 is 11.9 Å². The Balaban J connectivity index is 2.00. The fourth-order valence-corrected chi connectivity index (χ4v) is 7.75. The maximum atomic E-state index is 12.5. The summed E-state index contributed by atoms with van der Waals surface area (Å²) in [5.41, 5.74) is 4.34. The normalized spacial score (nSPS) is 34.9. The molecule has 0 aliphatic heterocycles. The van der Waals surface area contributed by atoms with E-state index in [9.17, 15) is 19.8 Å². The van der Waals surface area contributed by atoms with E-state index in [1.54, 1.807) is 0 Å². The molecule has 4 heteroatoms. The number of carboxylic acid groups (broad SMARTS) is 2. The van der Waals surface area contributed by atoms with Crippen LogP contribution in [0.1, 0.15) is 92.9 Å². The topological polar surface area (TPSA) is 74.6 Å². The van der Waals surface area contributed by atoms with Crippen molar-refractivity contribution in [2.75, 3.05) is 0 Å². The number of allylic oxidation sites excluding steroid dienone is 6. The minimum Gasteiger partial charge on any atom is -0.481 e. The molecule has 4 nitrogen and oxygen atoms in total. The lowest BCUT2D eigenvalue weighted by Crippen LogP contribution is -2.48. The van der Waals surface area contributed by atoms with E-state index in [1.807, 2.05) is 0 Å². The lowest BCUT2D eigenvalue weighted by atomic mass is 9.48. The Kier molecular flexibility index (Phi) is 7.65. The van der Waals surface area contributed by atoms with Gasteiger partial charge in [0.15, 0.2) is 0 Å². The van der Waals surface area contributed by atoms with E-state index >= 15 is 0 Å². The van der Waals surface area contributed by atoms with Crippen LogP contribution in [0.3, 0.4) is 0 Å². The quantitative estimate of drug-likeness (QED) is 0.311. The van der Waals surface area contributed by atoms with E-state index in [1.165, 1.54) is 11.1 Å². The minimum absolute atomic E-state index is 0.104. The summed E-state index contributed by atoms with van der Waals surface area (Å²) in [6.07, 6.45) is 10.4. The van der Waals surface area contributed by atoms with Crippen molar-refractivity contribution in [1.82, 2.24) is 0 Å². The SMILES string of the molecule is C=C(CCC(C(=O)O)[C@H]1CC[C@@]2(C)C3=CC[C@@H](C(=C)C)[C@](C)(CCC(=O)O)C3=CC[C@]12C)C(C)C. The molecule has 6 atom stereocenters. The first-order valence-corrected chi connectivity index (χ1v) is 13.4. The highest BCUT2D eigenvalue weighted by Crippen LogP contribution is 2.70. The third-order valence-corrected chi connectivity index (χ3v) is 10.4. The summed E-state index contributed by atoms with van der Waals surface area (Å²) in [5.74, 6) is -1.13. The van der Waals surface area contributed by atoms with Gasteiger partial charge in [0.1, 0.15) is 0 Å². The van der Waals surface area contributed by atoms with Crippen LogP contribution in [0.15, 0.2) is 47.6 Å². The highest BCUT2D eigenvalue weighted by Gasteiger charge is 2.62. The molecule has 0 aromatic carbocycles. The van der Waals surface area contributed by atoms with Crippen LogP contribution < -0.4 is 0 Å². The van der Waals surface area contributed by atoms with Crippen LogP contribution in [0, 0.1) is 39.9 Å². The van der Waals surface area contributed by atoms with Crippen LogP contribution in [0.2, 0.25) is 0 Å². The van der Waals surface area contributed by atoms with E-state index in [4.69, 9.17) is 0 Å². The van der Waals surface area contributed by atoms with Gasteiger partial charge in [-0.2, -0.15) is 0 Å². The molecule has 0 saturated heterocycles. The molecule has 0 aromatic rings. The highest BCUT2D eigenvalue weighted by atomic mass is 16.4. The molecule has 35 heavy (non-hydrogen) atoms. The van der Waals surface area contributed by atoms with Crippen molar-refractivity contribution in [2.24, 2.45) is 39.9 Å². The first kappa shape index (κ1) is 27.5. The van der Waals surface area contributed by atoms with Crippen LogP contribution in [-0.2, 0) is 9.59 Å². The van der Waals surface area contributed by atoms with E-state index in [-0.39, 0.29) is 40.4 Å². The summed E-state index contributed by atoms with van der Waals surface area (Å²) in [6.45, 7) is 21.6. The second kappa shape index (κ2) is 9.75. The number of carbonyl (C=O) groups is 2. The van der Waals surface area contributed by atoms with Gasteiger partial charge in [0.2, 0.25) is 0 Å². The van der Waals surface area contributed by atoms with Gasteiger partial charge in [-0.15, -0.1) is 0 Å². The largest absolute Gasteiger partial charge is 0.481 e. The number of fused-ring (bicyclic) bond motifs is 3. The Hall–Kier alpha value is -2.10. The molecule has 1 unspecified atom stereocenters. The average Bonchev–Trinajstić information content (AvgIpc) is 3.03. The Morgan fingerprint density at radius 1 is 1.09 bits per heavy atom. The Morgan fingerprint density at radius 2 is 1.74 bits per heavy atom. The number of hydrogen-bond acceptors (Lipinski definition) is 2. The third kappa shape index (κ3) is 4.58. The van der Waals surface area contributed by atoms with E-state index < -0.39 is 11.9 Å². The molecular weight excluding hydrogens is 436 g/mol. The van der Waals surface area contributed by atoms with Crippen LogP contribution in [0.25, 0.3) is 0 Å². The Morgan fingerprint density at radius 3 is 2.29 bits per heavy atom. The zero-order chi connectivity index (χ0) is 26.3. The molecule has 1 fully saturated rings. The molecule has 0 aromatic heterocycles. The predicted molar refractivity (Wildman–Crippen MR) is 142 cm³/mol. The monoisotopic (exact) mass is 482 g/mol. The summed E-state index contributed by atoms with van der Waals surface area (Å²) in [5, 5.41) is 19.8. The number of carboxylic acids is 2. The van der Waals surface area contributed by atoms with Gasteiger partial charge in [0.25, 0.3) is 0 Å². The van der Waals surface area contributed by atoms with Gasteiger partial charge in [0.05, 0.1) is 5.92 Å². The van der Waals surface area contributed by atoms with Gasteiger partial charge in [-0.05, 0) is 97.0 Å². The second-order valence-corrected chi connectivity index (χ2v) is 12.6. The maximum absolute atomic E-state index is 12.5. The Labute approximate surface area is 212 Å². The van der Waals surface area contributed by atoms with Crippen LogP contribution in [0.4, 0.5) is 0 Å². The van der Waals surface area contributed by atoms with Crippen molar-refractivity contribution in [3.63, 3.8) is 0 Å². The van der Waals surface area contributed by atoms with Crippen LogP contribution in [0.5, 0.6) is 0 Å². The molecular formula is C31H46O4. The van der Waals surface area contributed by atoms with E-state index in [0.717, 1.165) is 43.3 Å². The summed E-state index contributed by atoms with van der Waals surface area (Å²) >= 11 is 0. The molecule has 3 aliphatic carbocycles. The summed E-state index contributed by atoms with van der Waals surface area (Å²) in [7, 11) is 0. The maximum Gasteiger partial charge on any atom is 0.306 e. The van der Waals surface area contributed by atoms with Gasteiger partial charge in [-0.25, -0.2) is 0 Å². The summed E-state index contributed by atoms with van der Waals surface area (Å²) < 4.78 is 0. The van der Waals surface area contributed by atoms with Crippen molar-refractivity contribution in [1.29, 1.82) is 0 Å². The first-order valence-electron chi connectivity index (χ1n) is 13.4. The molecule has 3 rings (SSSR count). The summed E-state index contributed by atoms with van der Waals surface area (Å²) in [4.78, 5) is 24.1. The molecule has 0 amide bonds. The molecule has 2 N–H and O–H groups in total. The zero-order valence-electron chi connectivity index (χ0n) is 22.7. The average molecular weight is 483 g/mol. The van der Waals surface area contributed by atoms with E-state index in [0.29, 0.717) is 18.8 Å². The molecule has 0 spiro atoms. The van der Waals surface area contributed by atoms with Crippen molar-refractivity contribution < 1.29 is 19.8 Å². The zero-order valence-corrected chi connectivity index (χ0v) is 22.7. The van der Waals surface area contributed by atoms with Crippen molar-refractivity contribution in [3.8, 4) is 0 Å². The van der Waals surface area contributed by atoms with Gasteiger partial charge in [-0.3, -0.25) is 9.59 Å². The molecule has 0 heterocycles. The highest BCUT2D eigenvalue weighted by molar-refractivity contribution is 5.71. The van der Waals surface area contributed by atoms with Crippen LogP contribution >= 0.6 is 0 Å². The van der Waals surface area contributed by atoms with Crippen molar-refractivity contribution in [3.05, 3.63) is 47.6 Å². The van der Waals surface area contributed by atoms with E-state index in [2.05, 4.69) is 66.9 Å². The van der Waals surface area contributed by atoms with Crippen molar-refractivity contribution in [2.45, 2.75) is 92.9 Å². The number of hydrogen-bond donors (Lipinski definition) is 2. The molecule has 0 bridgehead atoms. The van der Waals surface area contributed by atoms with Gasteiger partial charge in [0, 0.05) is 6.42 Å².